The first-order chi connectivity index (χ1) is 21.7. The number of nitrogens with zero attached hydrogens (tertiary/aromatic N) is 3. The molecule has 0 saturated heterocycles. The molecule has 2 amide bonds. The maximum Gasteiger partial charge on any atom is 0.324 e. The Kier molecular flexibility index (Phi) is 7.37. The van der Waals surface area contributed by atoms with Crippen molar-refractivity contribution < 1.29 is 9.21 Å². The Labute approximate surface area is 253 Å². The molecule has 0 spiro atoms. The molecule has 0 fully saturated rings. The Bertz CT molecular complexity index is 2060. The van der Waals surface area contributed by atoms with Crippen molar-refractivity contribution in [3.8, 4) is 22.5 Å². The quantitative estimate of drug-likeness (QED) is 0.168. The lowest BCUT2D eigenvalue weighted by atomic mass is 9.99. The zero-order valence-corrected chi connectivity index (χ0v) is 23.7. The average molecular weight is 577 g/mol. The molecule has 0 unspecified atom stereocenters. The summed E-state index contributed by atoms with van der Waals surface area (Å²) in [5.74, 6) is 1.97. The van der Waals surface area contributed by atoms with Crippen LogP contribution in [0.2, 0.25) is 0 Å². The highest BCUT2D eigenvalue weighted by atomic mass is 16.3. The van der Waals surface area contributed by atoms with Crippen molar-refractivity contribution in [2.75, 3.05) is 22.5 Å². The lowest BCUT2D eigenvalue weighted by Crippen LogP contribution is -2.20. The van der Waals surface area contributed by atoms with Gasteiger partial charge in [0.2, 0.25) is 5.71 Å². The maximum atomic E-state index is 12.6. The van der Waals surface area contributed by atoms with Gasteiger partial charge in [-0.3, -0.25) is 5.32 Å². The van der Waals surface area contributed by atoms with Crippen molar-refractivity contribution in [2.45, 2.75) is 6.42 Å². The van der Waals surface area contributed by atoms with Crippen LogP contribution in [0, 0.1) is 0 Å². The van der Waals surface area contributed by atoms with E-state index in [4.69, 9.17) is 4.42 Å². The lowest BCUT2D eigenvalue weighted by molar-refractivity contribution is 0.262. The van der Waals surface area contributed by atoms with Crippen LogP contribution in [0.1, 0.15) is 5.56 Å². The number of aromatic nitrogens is 3. The van der Waals surface area contributed by atoms with Gasteiger partial charge in [-0.1, -0.05) is 91.0 Å². The van der Waals surface area contributed by atoms with Gasteiger partial charge in [0.15, 0.2) is 0 Å². The summed E-state index contributed by atoms with van der Waals surface area (Å²) in [5.41, 5.74) is 6.14. The van der Waals surface area contributed by atoms with E-state index in [9.17, 15) is 4.79 Å². The number of furan rings is 1. The Morgan fingerprint density at radius 1 is 0.705 bits per heavy atom. The molecule has 4 aromatic carbocycles. The van der Waals surface area contributed by atoms with Crippen LogP contribution < -0.4 is 16.0 Å². The molecular formula is C36H28N6O2. The molecule has 7 rings (SSSR count). The highest BCUT2D eigenvalue weighted by molar-refractivity contribution is 6.06. The largest absolute Gasteiger partial charge is 0.437 e. The molecule has 0 aliphatic heterocycles. The van der Waals surface area contributed by atoms with Gasteiger partial charge in [-0.05, 0) is 47.9 Å². The monoisotopic (exact) mass is 576 g/mol. The van der Waals surface area contributed by atoms with Crippen molar-refractivity contribution in [3.63, 3.8) is 0 Å². The summed E-state index contributed by atoms with van der Waals surface area (Å²) in [4.78, 5) is 26.1. The molecule has 0 radical (unpaired) electrons. The summed E-state index contributed by atoms with van der Waals surface area (Å²) in [6.45, 7) is 0.646. The van der Waals surface area contributed by atoms with Crippen LogP contribution in [0.5, 0.6) is 0 Å². The molecule has 0 atom stereocenters. The van der Waals surface area contributed by atoms with E-state index >= 15 is 0 Å². The van der Waals surface area contributed by atoms with Gasteiger partial charge in [0, 0.05) is 28.7 Å². The van der Waals surface area contributed by atoms with Crippen LogP contribution >= 0.6 is 0 Å². The van der Waals surface area contributed by atoms with Gasteiger partial charge in [-0.25, -0.2) is 19.7 Å². The number of nitrogens with one attached hydrogen (secondary N) is 3. The number of rotatable bonds is 8. The average Bonchev–Trinajstić information content (AvgIpc) is 3.47. The molecule has 44 heavy (non-hydrogen) atoms. The normalized spacial score (nSPS) is 11.0. The highest BCUT2D eigenvalue weighted by Crippen LogP contribution is 2.42. The van der Waals surface area contributed by atoms with E-state index in [-0.39, 0.29) is 6.03 Å². The first-order valence-electron chi connectivity index (χ1n) is 14.4. The third kappa shape index (κ3) is 5.69. The van der Waals surface area contributed by atoms with Crippen molar-refractivity contribution >= 4 is 45.4 Å². The third-order valence-electron chi connectivity index (χ3n) is 7.34. The highest BCUT2D eigenvalue weighted by Gasteiger charge is 2.21. The number of anilines is 3. The molecule has 7 aromatic rings. The minimum Gasteiger partial charge on any atom is -0.437 e. The van der Waals surface area contributed by atoms with Crippen LogP contribution in [0.25, 0.3) is 44.5 Å². The SMILES string of the molecule is O=C(Nc1ccc(CCNc2ncnc3oc(-c4ccccc4)c(-c4ccccc4)c23)cc1)Nc1ccc2ccccc2n1. The molecule has 8 nitrogen and oxygen atoms in total. The van der Waals surface area contributed by atoms with Crippen LogP contribution in [0.15, 0.2) is 132 Å². The van der Waals surface area contributed by atoms with E-state index in [2.05, 4.69) is 43.0 Å². The summed E-state index contributed by atoms with van der Waals surface area (Å²) in [6, 6.07) is 39.2. The Balaban J connectivity index is 1.04. The minimum absolute atomic E-state index is 0.348. The standard InChI is InChI=1S/C36H28N6O2/c43-36(42-30-20-17-25-9-7-8-14-29(25)41-30)40-28-18-15-24(16-19-28)21-22-37-34-32-31(26-10-3-1-4-11-26)33(27-12-5-2-6-13-27)44-35(32)39-23-38-34/h1-20,23H,21-22H2,(H,37,38,39)(H2,40,41,42,43). The Morgan fingerprint density at radius 3 is 2.23 bits per heavy atom. The Morgan fingerprint density at radius 2 is 1.43 bits per heavy atom. The van der Waals surface area contributed by atoms with Crippen molar-refractivity contribution in [1.82, 2.24) is 15.0 Å². The summed E-state index contributed by atoms with van der Waals surface area (Å²) >= 11 is 0. The second-order valence-electron chi connectivity index (χ2n) is 10.3. The predicted molar refractivity (Wildman–Crippen MR) is 176 cm³/mol. The molecule has 0 bridgehead atoms. The second kappa shape index (κ2) is 12.1. The molecular weight excluding hydrogens is 548 g/mol. The van der Waals surface area contributed by atoms with E-state index in [0.717, 1.165) is 56.5 Å². The number of urea groups is 1. The number of pyridine rings is 1. The minimum atomic E-state index is -0.348. The van der Waals surface area contributed by atoms with Gasteiger partial charge < -0.3 is 15.1 Å². The molecule has 3 heterocycles. The van der Waals surface area contributed by atoms with E-state index < -0.39 is 0 Å². The van der Waals surface area contributed by atoms with E-state index in [1.807, 2.05) is 103 Å². The number of carbonyl (C=O) groups is 1. The number of amides is 2. The molecule has 0 aliphatic carbocycles. The maximum absolute atomic E-state index is 12.6. The zero-order valence-electron chi connectivity index (χ0n) is 23.7. The summed E-state index contributed by atoms with van der Waals surface area (Å²) in [7, 11) is 0. The zero-order chi connectivity index (χ0) is 29.7. The number of carbonyl (C=O) groups excluding carboxylic acids is 1. The number of fused-ring (bicyclic) bond motifs is 2. The second-order valence-corrected chi connectivity index (χ2v) is 10.3. The van der Waals surface area contributed by atoms with Gasteiger partial charge in [0.05, 0.1) is 10.9 Å². The fourth-order valence-corrected chi connectivity index (χ4v) is 5.23. The van der Waals surface area contributed by atoms with Crippen molar-refractivity contribution in [1.29, 1.82) is 0 Å². The first-order valence-corrected chi connectivity index (χ1v) is 14.4. The van der Waals surface area contributed by atoms with E-state index in [1.54, 1.807) is 6.07 Å². The van der Waals surface area contributed by atoms with Crippen LogP contribution in [0.3, 0.4) is 0 Å². The summed E-state index contributed by atoms with van der Waals surface area (Å²) < 4.78 is 6.31. The lowest BCUT2D eigenvalue weighted by Gasteiger charge is -2.10. The molecule has 0 aliphatic rings. The topological polar surface area (TPSA) is 105 Å². The number of hydrogen-bond acceptors (Lipinski definition) is 6. The van der Waals surface area contributed by atoms with Gasteiger partial charge in [0.1, 0.15) is 23.7 Å². The van der Waals surface area contributed by atoms with Crippen molar-refractivity contribution in [2.24, 2.45) is 0 Å². The molecule has 8 heteroatoms. The molecule has 0 saturated carbocycles. The van der Waals surface area contributed by atoms with Gasteiger partial charge in [-0.2, -0.15) is 0 Å². The third-order valence-corrected chi connectivity index (χ3v) is 7.34. The van der Waals surface area contributed by atoms with Crippen LogP contribution in [-0.4, -0.2) is 27.5 Å². The smallest absolute Gasteiger partial charge is 0.324 e. The number of benzene rings is 4. The van der Waals surface area contributed by atoms with E-state index in [1.165, 1.54) is 6.33 Å². The fraction of sp³-hybridized carbons (Fsp3) is 0.0556. The summed E-state index contributed by atoms with van der Waals surface area (Å²) in [5, 5.41) is 11.0. The molecule has 3 aromatic heterocycles. The number of para-hydroxylation sites is 1. The summed E-state index contributed by atoms with van der Waals surface area (Å²) in [6.07, 6.45) is 2.28. The van der Waals surface area contributed by atoms with Crippen LogP contribution in [0.4, 0.5) is 22.1 Å². The molecule has 214 valence electrons. The van der Waals surface area contributed by atoms with Crippen LogP contribution in [-0.2, 0) is 6.42 Å². The fourth-order valence-electron chi connectivity index (χ4n) is 5.23. The van der Waals surface area contributed by atoms with Crippen molar-refractivity contribution in [3.05, 3.63) is 133 Å². The van der Waals surface area contributed by atoms with Gasteiger partial charge in [-0.15, -0.1) is 0 Å². The van der Waals surface area contributed by atoms with Gasteiger partial charge >= 0.3 is 6.03 Å². The molecule has 3 N–H and O–H groups in total. The Hall–Kier alpha value is -6.02. The van der Waals surface area contributed by atoms with E-state index in [0.29, 0.717) is 23.8 Å². The van der Waals surface area contributed by atoms with Gasteiger partial charge in [0.25, 0.3) is 0 Å². The predicted octanol–water partition coefficient (Wildman–Crippen LogP) is 8.40. The number of hydrogen-bond donors (Lipinski definition) is 3. The first kappa shape index (κ1) is 26.9.